The monoisotopic (exact) mass is 685 g/mol. The standard InChI is InChI=1S/C39H51N5O4S/c1-28-15-18-35(37(25-28)48-24-9-8-13-32(27-45)44-22-19-31(20-23-44)42(2)3)43(4)39(46)30-16-17-34(36(26-30)47-5)41-38(49)33-14-7-6-11-29(33)12-10-21-40/h6-7,11,14-18,25-26,31H,8-10,12-13,19-24,40H2,1-5H3,(H,41,49). The first-order valence-electron chi connectivity index (χ1n) is 17.1. The third-order valence-corrected chi connectivity index (χ3v) is 9.47. The molecule has 3 aromatic carbocycles. The summed E-state index contributed by atoms with van der Waals surface area (Å²) < 4.78 is 11.9. The van der Waals surface area contributed by atoms with Crippen LogP contribution in [0.15, 0.2) is 66.4 Å². The van der Waals surface area contributed by atoms with E-state index in [2.05, 4.69) is 41.2 Å². The molecule has 4 rings (SSSR count). The summed E-state index contributed by atoms with van der Waals surface area (Å²) in [5.74, 6) is 3.13. The van der Waals surface area contributed by atoms with E-state index in [1.807, 2.05) is 49.4 Å². The van der Waals surface area contributed by atoms with E-state index in [0.29, 0.717) is 59.0 Å². The molecule has 0 saturated carbocycles. The fraction of sp³-hybridized carbons (Fsp3) is 0.436. The molecule has 1 heterocycles. The van der Waals surface area contributed by atoms with Crippen LogP contribution in [0.3, 0.4) is 0 Å². The molecule has 0 atom stereocenters. The Morgan fingerprint density at radius 3 is 2.47 bits per heavy atom. The van der Waals surface area contributed by atoms with Crippen LogP contribution < -0.4 is 25.4 Å². The summed E-state index contributed by atoms with van der Waals surface area (Å²) in [5.41, 5.74) is 11.4. The van der Waals surface area contributed by atoms with Crippen LogP contribution in [0, 0.1) is 6.92 Å². The summed E-state index contributed by atoms with van der Waals surface area (Å²) in [4.78, 5) is 32.1. The Balaban J connectivity index is 1.37. The van der Waals surface area contributed by atoms with Crippen LogP contribution in [0.25, 0.3) is 0 Å². The normalized spacial score (nSPS) is 13.2. The van der Waals surface area contributed by atoms with Gasteiger partial charge in [-0.3, -0.25) is 4.79 Å². The van der Waals surface area contributed by atoms with Crippen LogP contribution in [-0.4, -0.2) is 87.2 Å². The predicted molar refractivity (Wildman–Crippen MR) is 203 cm³/mol. The number of carbonyl (C=O) groups is 1. The van der Waals surface area contributed by atoms with Crippen molar-refractivity contribution in [2.75, 3.05) is 64.7 Å². The Hall–Kier alpha value is -4.21. The zero-order valence-corrected chi connectivity index (χ0v) is 30.4. The van der Waals surface area contributed by atoms with Gasteiger partial charge in [-0.05, 0) is 114 Å². The SMILES string of the molecule is COc1cc(C(=O)N(C)c2ccc(C)cc2OCCCCC(=C=O)N2CCC(N(C)C)CC2)ccc1NC(=S)c1ccccc1CCCN. The van der Waals surface area contributed by atoms with Gasteiger partial charge in [-0.1, -0.05) is 42.5 Å². The minimum atomic E-state index is -0.202. The van der Waals surface area contributed by atoms with Crippen molar-refractivity contribution < 1.29 is 19.1 Å². The molecule has 3 aromatic rings. The first-order chi connectivity index (χ1) is 23.7. The molecule has 262 valence electrons. The second kappa shape index (κ2) is 18.5. The summed E-state index contributed by atoms with van der Waals surface area (Å²) in [7, 11) is 7.54. The van der Waals surface area contributed by atoms with Gasteiger partial charge in [0, 0.05) is 37.3 Å². The minimum Gasteiger partial charge on any atom is -0.495 e. The lowest BCUT2D eigenvalue weighted by Gasteiger charge is -2.36. The summed E-state index contributed by atoms with van der Waals surface area (Å²) >= 11 is 5.77. The summed E-state index contributed by atoms with van der Waals surface area (Å²) in [5, 5.41) is 3.31. The van der Waals surface area contributed by atoms with Crippen LogP contribution >= 0.6 is 12.2 Å². The molecule has 0 aromatic heterocycles. The number of carbonyl (C=O) groups excluding carboxylic acids is 2. The van der Waals surface area contributed by atoms with Gasteiger partial charge < -0.3 is 35.2 Å². The Labute approximate surface area is 297 Å². The first-order valence-corrected chi connectivity index (χ1v) is 17.5. The molecule has 0 unspecified atom stereocenters. The second-order valence-corrected chi connectivity index (χ2v) is 13.2. The van der Waals surface area contributed by atoms with E-state index in [1.54, 1.807) is 31.2 Å². The van der Waals surface area contributed by atoms with Gasteiger partial charge in [0.25, 0.3) is 5.91 Å². The van der Waals surface area contributed by atoms with Crippen LogP contribution in [0.1, 0.15) is 65.6 Å². The highest BCUT2D eigenvalue weighted by Crippen LogP contribution is 2.32. The summed E-state index contributed by atoms with van der Waals surface area (Å²) in [6.07, 6.45) is 6.08. The number of piperidine rings is 1. The Kier molecular flexibility index (Phi) is 14.2. The third kappa shape index (κ3) is 10.2. The Morgan fingerprint density at radius 2 is 1.78 bits per heavy atom. The van der Waals surface area contributed by atoms with Gasteiger partial charge in [0.2, 0.25) is 0 Å². The number of methoxy groups -OCH3 is 1. The highest BCUT2D eigenvalue weighted by Gasteiger charge is 2.23. The quantitative estimate of drug-likeness (QED) is 0.103. The molecule has 3 N–H and O–H groups in total. The fourth-order valence-corrected chi connectivity index (χ4v) is 6.50. The maximum absolute atomic E-state index is 13.8. The lowest BCUT2D eigenvalue weighted by Crippen LogP contribution is -2.41. The summed E-state index contributed by atoms with van der Waals surface area (Å²) in [6.45, 7) is 4.85. The van der Waals surface area contributed by atoms with Gasteiger partial charge in [0.05, 0.1) is 30.8 Å². The molecule has 1 aliphatic heterocycles. The van der Waals surface area contributed by atoms with Crippen LogP contribution in [0.2, 0.25) is 0 Å². The highest BCUT2D eigenvalue weighted by molar-refractivity contribution is 7.81. The van der Waals surface area contributed by atoms with E-state index in [4.69, 9.17) is 27.4 Å². The number of allylic oxidation sites excluding steroid dienone is 1. The van der Waals surface area contributed by atoms with E-state index in [-0.39, 0.29) is 5.91 Å². The highest BCUT2D eigenvalue weighted by atomic mass is 32.1. The zero-order valence-electron chi connectivity index (χ0n) is 29.6. The lowest BCUT2D eigenvalue weighted by atomic mass is 10.0. The summed E-state index contributed by atoms with van der Waals surface area (Å²) in [6, 6.07) is 19.7. The molecule has 0 radical (unpaired) electrons. The molecule has 9 nitrogen and oxygen atoms in total. The number of ether oxygens (including phenoxy) is 2. The number of thiocarbonyl (C=S) groups is 1. The second-order valence-electron chi connectivity index (χ2n) is 12.8. The van der Waals surface area contributed by atoms with Crippen molar-refractivity contribution in [1.29, 1.82) is 0 Å². The van der Waals surface area contributed by atoms with E-state index in [1.165, 1.54) is 0 Å². The number of nitrogens with one attached hydrogen (secondary N) is 1. The lowest BCUT2D eigenvalue weighted by molar-refractivity contribution is 0.0991. The van der Waals surface area contributed by atoms with Crippen LogP contribution in [-0.2, 0) is 11.2 Å². The van der Waals surface area contributed by atoms with Gasteiger partial charge in [0.1, 0.15) is 22.4 Å². The molecular formula is C39H51N5O4S. The maximum Gasteiger partial charge on any atom is 0.258 e. The molecule has 1 fully saturated rings. The molecule has 0 spiro atoms. The third-order valence-electron chi connectivity index (χ3n) is 9.15. The van der Waals surface area contributed by atoms with Crippen molar-refractivity contribution in [3.05, 3.63) is 88.6 Å². The molecular weight excluding hydrogens is 635 g/mol. The van der Waals surface area contributed by atoms with Crippen LogP contribution in [0.4, 0.5) is 11.4 Å². The number of amides is 1. The maximum atomic E-state index is 13.8. The molecule has 10 heteroatoms. The molecule has 0 bridgehead atoms. The van der Waals surface area contributed by atoms with Crippen molar-refractivity contribution in [3.8, 4) is 11.5 Å². The Morgan fingerprint density at radius 1 is 1.02 bits per heavy atom. The largest absolute Gasteiger partial charge is 0.495 e. The predicted octanol–water partition coefficient (Wildman–Crippen LogP) is 6.25. The van der Waals surface area contributed by atoms with Gasteiger partial charge in [-0.25, -0.2) is 4.79 Å². The molecule has 1 aliphatic rings. The fourth-order valence-electron chi connectivity index (χ4n) is 6.19. The number of hydrogen-bond donors (Lipinski definition) is 2. The van der Waals surface area contributed by atoms with Crippen molar-refractivity contribution >= 4 is 40.4 Å². The number of hydrogen-bond acceptors (Lipinski definition) is 8. The van der Waals surface area contributed by atoms with Crippen molar-refractivity contribution in [2.24, 2.45) is 5.73 Å². The van der Waals surface area contributed by atoms with Gasteiger partial charge in [-0.15, -0.1) is 0 Å². The zero-order chi connectivity index (χ0) is 35.3. The van der Waals surface area contributed by atoms with E-state index in [0.717, 1.165) is 74.0 Å². The molecule has 1 amide bonds. The molecule has 0 aliphatic carbocycles. The number of rotatable bonds is 16. The van der Waals surface area contributed by atoms with Crippen LogP contribution in [0.5, 0.6) is 11.5 Å². The number of benzene rings is 3. The number of aryl methyl sites for hydroxylation is 2. The van der Waals surface area contributed by atoms with Gasteiger partial charge in [-0.2, -0.15) is 0 Å². The average Bonchev–Trinajstić information content (AvgIpc) is 3.12. The minimum absolute atomic E-state index is 0.202. The molecule has 1 saturated heterocycles. The average molecular weight is 686 g/mol. The van der Waals surface area contributed by atoms with Crippen molar-refractivity contribution in [2.45, 2.75) is 57.9 Å². The topological polar surface area (TPSA) is 100 Å². The number of unbranched alkanes of at least 4 members (excludes halogenated alkanes) is 1. The van der Waals surface area contributed by atoms with E-state index < -0.39 is 0 Å². The van der Waals surface area contributed by atoms with Crippen molar-refractivity contribution in [3.63, 3.8) is 0 Å². The van der Waals surface area contributed by atoms with Crippen molar-refractivity contribution in [1.82, 2.24) is 9.80 Å². The number of nitrogens with zero attached hydrogens (tertiary/aromatic N) is 3. The smallest absolute Gasteiger partial charge is 0.258 e. The Bertz CT molecular complexity index is 1630. The van der Waals surface area contributed by atoms with E-state index >= 15 is 0 Å². The number of anilines is 2. The van der Waals surface area contributed by atoms with Gasteiger partial charge in [0.15, 0.2) is 0 Å². The van der Waals surface area contributed by atoms with E-state index in [9.17, 15) is 9.59 Å². The number of likely N-dealkylation sites (tertiary alicyclic amines) is 1. The molecule has 49 heavy (non-hydrogen) atoms. The number of nitrogens with two attached hydrogens (primary N) is 1. The van der Waals surface area contributed by atoms with Gasteiger partial charge >= 0.3 is 0 Å². The first kappa shape index (κ1) is 37.6.